The van der Waals surface area contributed by atoms with E-state index in [1.165, 1.54) is 5.56 Å². The van der Waals surface area contributed by atoms with Gasteiger partial charge in [0, 0.05) is 23.9 Å². The Balaban J connectivity index is 1.61. The second-order valence-electron chi connectivity index (χ2n) is 8.91. The molecule has 0 unspecified atom stereocenters. The van der Waals surface area contributed by atoms with E-state index in [1.54, 1.807) is 7.11 Å². The van der Waals surface area contributed by atoms with Crippen LogP contribution in [0.25, 0.3) is 28.0 Å². The molecule has 2 aromatic heterocycles. The van der Waals surface area contributed by atoms with E-state index in [1.807, 2.05) is 48.5 Å². The first kappa shape index (κ1) is 21.3. The number of nitrogens with zero attached hydrogens (tertiary/aromatic N) is 2. The molecule has 5 heteroatoms. The van der Waals surface area contributed by atoms with E-state index in [0.29, 0.717) is 17.1 Å². The number of rotatable bonds is 5. The van der Waals surface area contributed by atoms with E-state index in [4.69, 9.17) is 4.74 Å². The van der Waals surface area contributed by atoms with Crippen LogP contribution in [-0.4, -0.2) is 22.0 Å². The molecule has 174 valence electrons. The smallest absolute Gasteiger partial charge is 0.273 e. The van der Waals surface area contributed by atoms with Gasteiger partial charge in [0.1, 0.15) is 17.1 Å². The first-order chi connectivity index (χ1) is 17.3. The van der Waals surface area contributed by atoms with Gasteiger partial charge < -0.3 is 14.6 Å². The van der Waals surface area contributed by atoms with Gasteiger partial charge in [-0.3, -0.25) is 9.20 Å². The molecule has 0 radical (unpaired) electrons. The van der Waals surface area contributed by atoms with Crippen LogP contribution in [0.1, 0.15) is 28.9 Å². The number of hydrogen-bond acceptors (Lipinski definition) is 2. The van der Waals surface area contributed by atoms with Crippen molar-refractivity contribution >= 4 is 17.2 Å². The monoisotopic (exact) mass is 461 g/mol. The number of anilines is 1. The van der Waals surface area contributed by atoms with E-state index < -0.39 is 0 Å². The summed E-state index contributed by atoms with van der Waals surface area (Å²) in [6.45, 7) is 0.930. The third-order valence-electron chi connectivity index (χ3n) is 6.84. The molecule has 6 rings (SSSR count). The molecule has 1 aliphatic heterocycles. The molecule has 35 heavy (non-hydrogen) atoms. The number of carbonyl (C=O) groups is 1. The summed E-state index contributed by atoms with van der Waals surface area (Å²) in [6.07, 6.45) is 5.26. The highest BCUT2D eigenvalue weighted by atomic mass is 16.5. The number of ether oxygens (including phenoxy) is 1. The Kier molecular flexibility index (Phi) is 5.38. The molecule has 1 amide bonds. The maximum atomic E-state index is 14.0. The van der Waals surface area contributed by atoms with Crippen LogP contribution in [0.15, 0.2) is 91.1 Å². The molecule has 3 aromatic carbocycles. The normalized spacial score (nSPS) is 12.9. The van der Waals surface area contributed by atoms with Crippen LogP contribution < -0.4 is 10.1 Å². The molecule has 0 bridgehead atoms. The summed E-state index contributed by atoms with van der Waals surface area (Å²) < 4.78 is 9.99. The van der Waals surface area contributed by atoms with Gasteiger partial charge in [0.15, 0.2) is 0 Å². The number of methoxy groups -OCH3 is 1. The van der Waals surface area contributed by atoms with Gasteiger partial charge in [-0.1, -0.05) is 72.8 Å². The number of aryl methyl sites for hydroxylation is 2. The maximum absolute atomic E-state index is 14.0. The van der Waals surface area contributed by atoms with Crippen molar-refractivity contribution in [2.75, 3.05) is 12.4 Å². The Bertz CT molecular complexity index is 1510. The Morgan fingerprint density at radius 1 is 0.857 bits per heavy atom. The van der Waals surface area contributed by atoms with Crippen molar-refractivity contribution in [1.82, 2.24) is 8.97 Å². The summed E-state index contributed by atoms with van der Waals surface area (Å²) in [5.74, 6) is 0.491. The Morgan fingerprint density at radius 2 is 1.54 bits per heavy atom. The van der Waals surface area contributed by atoms with Crippen molar-refractivity contribution in [3.05, 3.63) is 102 Å². The molecular formula is C30H27N3O2. The summed E-state index contributed by atoms with van der Waals surface area (Å²) in [5, 5.41) is 3.13. The lowest BCUT2D eigenvalue weighted by Gasteiger charge is -2.12. The van der Waals surface area contributed by atoms with Gasteiger partial charge in [0.2, 0.25) is 0 Å². The van der Waals surface area contributed by atoms with Gasteiger partial charge in [-0.15, -0.1) is 0 Å². The van der Waals surface area contributed by atoms with Crippen LogP contribution in [-0.2, 0) is 13.0 Å². The van der Waals surface area contributed by atoms with Gasteiger partial charge >= 0.3 is 0 Å². The van der Waals surface area contributed by atoms with Crippen molar-refractivity contribution in [3.63, 3.8) is 0 Å². The third-order valence-corrected chi connectivity index (χ3v) is 6.84. The Labute approximate surface area is 204 Å². The van der Waals surface area contributed by atoms with Crippen molar-refractivity contribution in [2.45, 2.75) is 25.8 Å². The third kappa shape index (κ3) is 3.60. The zero-order valence-corrected chi connectivity index (χ0v) is 19.7. The number of hydrogen-bond donors (Lipinski definition) is 1. The van der Waals surface area contributed by atoms with E-state index in [-0.39, 0.29) is 5.91 Å². The van der Waals surface area contributed by atoms with Gasteiger partial charge in [0.05, 0.1) is 18.5 Å². The number of carbonyl (C=O) groups excluding carboxylic acids is 1. The lowest BCUT2D eigenvalue weighted by atomic mass is 9.98. The molecular weight excluding hydrogens is 434 g/mol. The van der Waals surface area contributed by atoms with Gasteiger partial charge in [0.25, 0.3) is 5.91 Å². The minimum absolute atomic E-state index is 0.146. The number of para-hydroxylation sites is 2. The predicted molar refractivity (Wildman–Crippen MR) is 140 cm³/mol. The fraction of sp³-hybridized carbons (Fsp3) is 0.167. The molecule has 1 N–H and O–H groups in total. The lowest BCUT2D eigenvalue weighted by Crippen LogP contribution is -2.16. The van der Waals surface area contributed by atoms with Crippen LogP contribution >= 0.6 is 0 Å². The molecule has 0 aliphatic carbocycles. The van der Waals surface area contributed by atoms with Crippen LogP contribution in [0.2, 0.25) is 0 Å². The van der Waals surface area contributed by atoms with Crippen molar-refractivity contribution in [3.8, 4) is 28.1 Å². The van der Waals surface area contributed by atoms with Crippen molar-refractivity contribution in [1.29, 1.82) is 0 Å². The topological polar surface area (TPSA) is 47.7 Å². The second-order valence-corrected chi connectivity index (χ2v) is 8.91. The molecule has 1 aliphatic rings. The molecule has 0 saturated carbocycles. The maximum Gasteiger partial charge on any atom is 0.273 e. The predicted octanol–water partition coefficient (Wildman–Crippen LogP) is 6.67. The molecule has 0 atom stereocenters. The van der Waals surface area contributed by atoms with E-state index in [2.05, 4.69) is 56.9 Å². The number of imidazole rings is 1. The second kappa shape index (κ2) is 8.84. The lowest BCUT2D eigenvalue weighted by molar-refractivity contribution is 0.102. The SMILES string of the molecule is COc1ccccc1NC(=O)c1c(-c2ccccc2)c2c3n(c(-c4ccccc4)cn13)CCCC2. The molecule has 5 aromatic rings. The largest absolute Gasteiger partial charge is 0.495 e. The van der Waals surface area contributed by atoms with E-state index >= 15 is 0 Å². The number of benzene rings is 3. The Hall–Kier alpha value is -4.25. The molecule has 0 fully saturated rings. The summed E-state index contributed by atoms with van der Waals surface area (Å²) in [6, 6.07) is 28.2. The minimum atomic E-state index is -0.146. The van der Waals surface area contributed by atoms with E-state index in [9.17, 15) is 4.79 Å². The average Bonchev–Trinajstić information content (AvgIpc) is 3.33. The summed E-state index contributed by atoms with van der Waals surface area (Å²) >= 11 is 0. The quantitative estimate of drug-likeness (QED) is 0.318. The summed E-state index contributed by atoms with van der Waals surface area (Å²) in [7, 11) is 1.62. The highest BCUT2D eigenvalue weighted by Gasteiger charge is 2.29. The van der Waals surface area contributed by atoms with E-state index in [0.717, 1.165) is 53.8 Å². The summed E-state index contributed by atoms with van der Waals surface area (Å²) in [5.41, 5.74) is 8.03. The molecule has 0 spiro atoms. The van der Waals surface area contributed by atoms with Gasteiger partial charge in [-0.05, 0) is 42.5 Å². The minimum Gasteiger partial charge on any atom is -0.495 e. The van der Waals surface area contributed by atoms with Gasteiger partial charge in [-0.25, -0.2) is 0 Å². The summed E-state index contributed by atoms with van der Waals surface area (Å²) in [4.78, 5) is 14.0. The van der Waals surface area contributed by atoms with Gasteiger partial charge in [-0.2, -0.15) is 0 Å². The molecule has 3 heterocycles. The zero-order valence-electron chi connectivity index (χ0n) is 19.7. The van der Waals surface area contributed by atoms with Crippen LogP contribution in [0, 0.1) is 0 Å². The van der Waals surface area contributed by atoms with Crippen molar-refractivity contribution in [2.24, 2.45) is 0 Å². The highest BCUT2D eigenvalue weighted by molar-refractivity contribution is 6.10. The molecule has 5 nitrogen and oxygen atoms in total. The molecule has 0 saturated heterocycles. The fourth-order valence-electron chi connectivity index (χ4n) is 5.29. The van der Waals surface area contributed by atoms with Crippen LogP contribution in [0.5, 0.6) is 5.75 Å². The number of nitrogens with one attached hydrogen (secondary N) is 1. The highest BCUT2D eigenvalue weighted by Crippen LogP contribution is 2.40. The average molecular weight is 462 g/mol. The zero-order chi connectivity index (χ0) is 23.8. The van der Waals surface area contributed by atoms with Crippen LogP contribution in [0.3, 0.4) is 0 Å². The number of aromatic nitrogens is 2. The van der Waals surface area contributed by atoms with Crippen molar-refractivity contribution < 1.29 is 9.53 Å². The standard InChI is InChI=1S/C30H27N3O2/c1-35-26-18-9-8-17-24(26)31-29(34)28-27(22-14-6-3-7-15-22)23-16-10-11-19-32-25(20-33(28)30(23)32)21-12-4-2-5-13-21/h2-9,12-15,17-18,20H,10-11,16,19H2,1H3,(H,31,34). The fourth-order valence-corrected chi connectivity index (χ4v) is 5.29. The first-order valence-electron chi connectivity index (χ1n) is 12.1. The van der Waals surface area contributed by atoms with Crippen LogP contribution in [0.4, 0.5) is 5.69 Å². The Morgan fingerprint density at radius 3 is 2.29 bits per heavy atom. The number of amides is 1. The first-order valence-corrected chi connectivity index (χ1v) is 12.1.